The van der Waals surface area contributed by atoms with E-state index in [2.05, 4.69) is 51.4 Å². The highest BCUT2D eigenvalue weighted by Gasteiger charge is 2.21. The van der Waals surface area contributed by atoms with E-state index >= 15 is 0 Å². The number of pyridine rings is 1. The molecule has 7 heteroatoms. The lowest BCUT2D eigenvalue weighted by molar-refractivity contribution is 0.415. The van der Waals surface area contributed by atoms with Crippen molar-refractivity contribution in [3.63, 3.8) is 0 Å². The second kappa shape index (κ2) is 9.10. The Morgan fingerprint density at radius 3 is 2.26 bits per heavy atom. The third-order valence-electron chi connectivity index (χ3n) is 6.43. The molecule has 1 fully saturated rings. The number of piperazine rings is 1. The smallest absolute Gasteiger partial charge is 0.259 e. The van der Waals surface area contributed by atoms with E-state index in [9.17, 15) is 0 Å². The lowest BCUT2D eigenvalue weighted by Gasteiger charge is -2.37. The maximum atomic E-state index is 5.74. The van der Waals surface area contributed by atoms with E-state index < -0.39 is 0 Å². The fraction of sp³-hybridized carbons (Fsp3) is 0.179. The standard InChI is InChI=1S/C28H25N5O2/c1-34-22-13-11-20(12-14-22)27-30-28(35-31-27)24-19-26(29-25-10-6-5-9-23(24)25)33-17-15-32(16-18-33)21-7-3-2-4-8-21/h2-14,19H,15-18H2,1H3. The molecule has 0 aliphatic carbocycles. The number of fused-ring (bicyclic) bond motifs is 1. The summed E-state index contributed by atoms with van der Waals surface area (Å²) in [6.45, 7) is 3.66. The average molecular weight is 464 g/mol. The summed E-state index contributed by atoms with van der Waals surface area (Å²) in [7, 11) is 1.65. The first-order chi connectivity index (χ1) is 17.3. The van der Waals surface area contributed by atoms with Crippen molar-refractivity contribution >= 4 is 22.4 Å². The van der Waals surface area contributed by atoms with Gasteiger partial charge in [-0.3, -0.25) is 0 Å². The van der Waals surface area contributed by atoms with Gasteiger partial charge < -0.3 is 19.1 Å². The molecule has 0 spiro atoms. The average Bonchev–Trinajstić information content (AvgIpc) is 3.43. The molecule has 3 aromatic carbocycles. The van der Waals surface area contributed by atoms with E-state index in [0.717, 1.165) is 59.8 Å². The highest BCUT2D eigenvalue weighted by molar-refractivity contribution is 5.94. The molecule has 1 saturated heterocycles. The molecule has 35 heavy (non-hydrogen) atoms. The summed E-state index contributed by atoms with van der Waals surface area (Å²) < 4.78 is 11.0. The largest absolute Gasteiger partial charge is 0.497 e. The SMILES string of the molecule is COc1ccc(-c2noc(-c3cc(N4CCN(c5ccccc5)CC4)nc4ccccc34)n2)cc1. The molecule has 0 amide bonds. The minimum absolute atomic E-state index is 0.485. The van der Waals surface area contributed by atoms with E-state index in [0.29, 0.717) is 11.7 Å². The molecule has 5 aromatic rings. The molecule has 6 rings (SSSR count). The van der Waals surface area contributed by atoms with Crippen LogP contribution in [0, 0.1) is 0 Å². The number of hydrogen-bond donors (Lipinski definition) is 0. The molecule has 3 heterocycles. The van der Waals surface area contributed by atoms with Gasteiger partial charge in [-0.25, -0.2) is 4.98 Å². The van der Waals surface area contributed by atoms with Crippen LogP contribution in [0.4, 0.5) is 11.5 Å². The van der Waals surface area contributed by atoms with Gasteiger partial charge in [0.25, 0.3) is 5.89 Å². The zero-order chi connectivity index (χ0) is 23.6. The zero-order valence-electron chi connectivity index (χ0n) is 19.5. The Morgan fingerprint density at radius 2 is 1.49 bits per heavy atom. The third-order valence-corrected chi connectivity index (χ3v) is 6.43. The van der Waals surface area contributed by atoms with Crippen molar-refractivity contribution < 1.29 is 9.26 Å². The third kappa shape index (κ3) is 4.17. The number of methoxy groups -OCH3 is 1. The van der Waals surface area contributed by atoms with Gasteiger partial charge in [0.15, 0.2) is 0 Å². The van der Waals surface area contributed by atoms with E-state index in [-0.39, 0.29) is 0 Å². The van der Waals surface area contributed by atoms with Crippen LogP contribution < -0.4 is 14.5 Å². The molecule has 1 aliphatic rings. The summed E-state index contributed by atoms with van der Waals surface area (Å²) in [5.74, 6) is 2.74. The van der Waals surface area contributed by atoms with Crippen LogP contribution in [0.2, 0.25) is 0 Å². The van der Waals surface area contributed by atoms with Crippen LogP contribution in [0.3, 0.4) is 0 Å². The Labute approximate surface area is 203 Å². The summed E-state index contributed by atoms with van der Waals surface area (Å²) in [5, 5.41) is 5.23. The Hall–Kier alpha value is -4.39. The molecule has 0 saturated carbocycles. The van der Waals surface area contributed by atoms with Crippen molar-refractivity contribution in [3.8, 4) is 28.6 Å². The maximum Gasteiger partial charge on any atom is 0.259 e. The highest BCUT2D eigenvalue weighted by atomic mass is 16.5. The zero-order valence-corrected chi connectivity index (χ0v) is 19.5. The predicted octanol–water partition coefficient (Wildman–Crippen LogP) is 5.29. The number of para-hydroxylation sites is 2. The van der Waals surface area contributed by atoms with Gasteiger partial charge in [-0.15, -0.1) is 0 Å². The first-order valence-electron chi connectivity index (χ1n) is 11.7. The van der Waals surface area contributed by atoms with Gasteiger partial charge in [-0.2, -0.15) is 4.98 Å². The Bertz CT molecular complexity index is 1440. The van der Waals surface area contributed by atoms with Gasteiger partial charge in [0.1, 0.15) is 11.6 Å². The van der Waals surface area contributed by atoms with Gasteiger partial charge in [0, 0.05) is 42.8 Å². The lowest BCUT2D eigenvalue weighted by Crippen LogP contribution is -2.46. The fourth-order valence-electron chi connectivity index (χ4n) is 4.52. The topological polar surface area (TPSA) is 67.5 Å². The first-order valence-corrected chi connectivity index (χ1v) is 11.7. The summed E-state index contributed by atoms with van der Waals surface area (Å²) in [5.41, 5.74) is 3.94. The summed E-state index contributed by atoms with van der Waals surface area (Å²) >= 11 is 0. The molecule has 1 aliphatic heterocycles. The van der Waals surface area contributed by atoms with Crippen molar-refractivity contribution in [2.45, 2.75) is 0 Å². The molecular weight excluding hydrogens is 438 g/mol. The van der Waals surface area contributed by atoms with Crippen LogP contribution in [0.5, 0.6) is 5.75 Å². The van der Waals surface area contributed by atoms with Crippen LogP contribution in [0.15, 0.2) is 89.5 Å². The quantitative estimate of drug-likeness (QED) is 0.351. The number of rotatable bonds is 5. The Kier molecular flexibility index (Phi) is 5.50. The van der Waals surface area contributed by atoms with E-state index in [1.54, 1.807) is 7.11 Å². The molecule has 7 nitrogen and oxygen atoms in total. The summed E-state index contributed by atoms with van der Waals surface area (Å²) in [4.78, 5) is 14.4. The maximum absolute atomic E-state index is 5.74. The van der Waals surface area contributed by atoms with Crippen LogP contribution in [0.1, 0.15) is 0 Å². The van der Waals surface area contributed by atoms with Gasteiger partial charge in [0.2, 0.25) is 5.82 Å². The van der Waals surface area contributed by atoms with Crippen LogP contribution in [-0.2, 0) is 0 Å². The second-order valence-corrected chi connectivity index (χ2v) is 8.51. The number of hydrogen-bond acceptors (Lipinski definition) is 7. The fourth-order valence-corrected chi connectivity index (χ4v) is 4.52. The normalized spacial score (nSPS) is 13.9. The minimum atomic E-state index is 0.485. The van der Waals surface area contributed by atoms with E-state index in [4.69, 9.17) is 19.2 Å². The Balaban J connectivity index is 1.31. The second-order valence-electron chi connectivity index (χ2n) is 8.51. The minimum Gasteiger partial charge on any atom is -0.497 e. The Morgan fingerprint density at radius 1 is 0.771 bits per heavy atom. The number of ether oxygens (including phenoxy) is 1. The van der Waals surface area contributed by atoms with Gasteiger partial charge in [-0.05, 0) is 48.5 Å². The molecule has 0 radical (unpaired) electrons. The summed E-state index contributed by atoms with van der Waals surface area (Å²) in [6, 6.07) is 28.4. The van der Waals surface area contributed by atoms with Crippen molar-refractivity contribution in [1.82, 2.24) is 15.1 Å². The molecule has 0 atom stereocenters. The van der Waals surface area contributed by atoms with Crippen molar-refractivity contribution in [3.05, 3.63) is 84.9 Å². The molecule has 0 bridgehead atoms. The molecular formula is C28H25N5O2. The predicted molar refractivity (Wildman–Crippen MR) is 138 cm³/mol. The van der Waals surface area contributed by atoms with Gasteiger partial charge >= 0.3 is 0 Å². The van der Waals surface area contributed by atoms with E-state index in [1.807, 2.05) is 48.5 Å². The van der Waals surface area contributed by atoms with Crippen LogP contribution >= 0.6 is 0 Å². The van der Waals surface area contributed by atoms with Crippen LogP contribution in [0.25, 0.3) is 33.7 Å². The highest BCUT2D eigenvalue weighted by Crippen LogP contribution is 2.32. The van der Waals surface area contributed by atoms with Crippen molar-refractivity contribution in [2.75, 3.05) is 43.1 Å². The van der Waals surface area contributed by atoms with Crippen LogP contribution in [-0.4, -0.2) is 48.4 Å². The number of nitrogens with zero attached hydrogens (tertiary/aromatic N) is 5. The molecule has 174 valence electrons. The number of anilines is 2. The monoisotopic (exact) mass is 463 g/mol. The van der Waals surface area contributed by atoms with Crippen molar-refractivity contribution in [1.29, 1.82) is 0 Å². The lowest BCUT2D eigenvalue weighted by atomic mass is 10.1. The van der Waals surface area contributed by atoms with Crippen molar-refractivity contribution in [2.24, 2.45) is 0 Å². The number of benzene rings is 3. The van der Waals surface area contributed by atoms with Gasteiger partial charge in [0.05, 0.1) is 18.2 Å². The van der Waals surface area contributed by atoms with E-state index in [1.165, 1.54) is 5.69 Å². The van der Waals surface area contributed by atoms with Gasteiger partial charge in [-0.1, -0.05) is 41.6 Å². The summed E-state index contributed by atoms with van der Waals surface area (Å²) in [6.07, 6.45) is 0. The molecule has 0 N–H and O–H groups in total. The number of aromatic nitrogens is 3. The first kappa shape index (κ1) is 21.2. The molecule has 0 unspecified atom stereocenters. The molecule has 2 aromatic heterocycles.